The normalized spacial score (nSPS) is 15.2. The summed E-state index contributed by atoms with van der Waals surface area (Å²) >= 11 is 1.57. The highest BCUT2D eigenvalue weighted by Crippen LogP contribution is 2.30. The zero-order valence-electron chi connectivity index (χ0n) is 13.3. The summed E-state index contributed by atoms with van der Waals surface area (Å²) in [6, 6.07) is 13.6. The molecule has 0 radical (unpaired) electrons. The molecule has 24 heavy (non-hydrogen) atoms. The van der Waals surface area contributed by atoms with Gasteiger partial charge < -0.3 is 9.53 Å². The second-order valence-electron chi connectivity index (χ2n) is 5.12. The summed E-state index contributed by atoms with van der Waals surface area (Å²) in [6.07, 6.45) is 3.96. The zero-order chi connectivity index (χ0) is 17.2. The number of rotatable bonds is 5. The number of carbonyl (C=O) groups is 1. The number of nitrogens with one attached hydrogen (secondary N) is 1. The van der Waals surface area contributed by atoms with Gasteiger partial charge in [0, 0.05) is 19.3 Å². The molecule has 2 heterocycles. The molecular formula is C17H21N3O3S. The molecule has 0 spiro atoms. The molecule has 2 N–H and O–H groups in total. The van der Waals surface area contributed by atoms with Crippen LogP contribution in [0.4, 0.5) is 5.69 Å². The predicted molar refractivity (Wildman–Crippen MR) is 94.3 cm³/mol. The maximum Gasteiger partial charge on any atom is 0.136 e. The van der Waals surface area contributed by atoms with E-state index in [9.17, 15) is 0 Å². The molecule has 1 aromatic heterocycles. The van der Waals surface area contributed by atoms with Gasteiger partial charge in [-0.3, -0.25) is 10.7 Å². The largest absolute Gasteiger partial charge is 0.490 e. The van der Waals surface area contributed by atoms with Gasteiger partial charge in [0.25, 0.3) is 0 Å². The second-order valence-corrected chi connectivity index (χ2v) is 6.20. The molecule has 0 atom stereocenters. The Labute approximate surface area is 145 Å². The van der Waals surface area contributed by atoms with E-state index < -0.39 is 0 Å². The zero-order valence-corrected chi connectivity index (χ0v) is 14.1. The van der Waals surface area contributed by atoms with Gasteiger partial charge in [-0.05, 0) is 49.1 Å². The molecule has 0 amide bonds. The number of hydrogen-bond acceptors (Lipinski definition) is 7. The smallest absolute Gasteiger partial charge is 0.136 e. The fraction of sp³-hybridized carbons (Fsp3) is 0.294. The van der Waals surface area contributed by atoms with Crippen molar-refractivity contribution in [1.29, 1.82) is 0 Å². The molecule has 1 saturated heterocycles. The Kier molecular flexibility index (Phi) is 7.54. The van der Waals surface area contributed by atoms with Crippen molar-refractivity contribution in [3.63, 3.8) is 0 Å². The van der Waals surface area contributed by atoms with Crippen molar-refractivity contribution < 1.29 is 14.7 Å². The van der Waals surface area contributed by atoms with Gasteiger partial charge in [-0.1, -0.05) is 18.2 Å². The predicted octanol–water partition coefficient (Wildman–Crippen LogP) is 3.25. The third-order valence-corrected chi connectivity index (χ3v) is 4.68. The van der Waals surface area contributed by atoms with Crippen LogP contribution in [0.3, 0.4) is 0 Å². The first-order valence-electron chi connectivity index (χ1n) is 7.64. The van der Waals surface area contributed by atoms with Gasteiger partial charge in [0.1, 0.15) is 23.7 Å². The van der Waals surface area contributed by atoms with Crippen LogP contribution < -0.4 is 10.2 Å². The van der Waals surface area contributed by atoms with Crippen molar-refractivity contribution in [2.75, 3.05) is 18.6 Å². The minimum absolute atomic E-state index is 0.262. The lowest BCUT2D eigenvalue weighted by Gasteiger charge is -2.31. The van der Waals surface area contributed by atoms with E-state index in [0.29, 0.717) is 5.69 Å². The summed E-state index contributed by atoms with van der Waals surface area (Å²) in [6.45, 7) is 3.87. The number of benzene rings is 1. The number of piperidine rings is 1. The van der Waals surface area contributed by atoms with Crippen LogP contribution in [-0.2, 0) is 4.79 Å². The highest BCUT2D eigenvalue weighted by atomic mass is 32.2. The standard InChI is InChI=1S/C16H19N3O2S.CH2O/c20-18-15-7-4-10-17-16(15)22-19-11-8-14(9-12-19)21-13-5-2-1-3-6-13;1-2/h1-7,10,14,18,20H,8-9,11-12H2;1H2. The Morgan fingerprint density at radius 3 is 2.54 bits per heavy atom. The lowest BCUT2D eigenvalue weighted by Crippen LogP contribution is -2.34. The monoisotopic (exact) mass is 347 g/mol. The summed E-state index contributed by atoms with van der Waals surface area (Å²) in [5.74, 6) is 0.935. The molecule has 1 aliphatic rings. The van der Waals surface area contributed by atoms with Crippen LogP contribution in [0.1, 0.15) is 12.8 Å². The van der Waals surface area contributed by atoms with Crippen molar-refractivity contribution in [2.24, 2.45) is 0 Å². The summed E-state index contributed by atoms with van der Waals surface area (Å²) in [5.41, 5.74) is 2.83. The first-order chi connectivity index (χ1) is 11.8. The van der Waals surface area contributed by atoms with E-state index >= 15 is 0 Å². The molecule has 1 fully saturated rings. The first kappa shape index (κ1) is 18.3. The molecule has 0 bridgehead atoms. The summed E-state index contributed by atoms with van der Waals surface area (Å²) < 4.78 is 8.25. The third kappa shape index (κ3) is 5.23. The fourth-order valence-corrected chi connectivity index (χ4v) is 3.36. The van der Waals surface area contributed by atoms with E-state index in [1.807, 2.05) is 37.1 Å². The molecule has 1 aliphatic heterocycles. The number of para-hydroxylation sites is 1. The Morgan fingerprint density at radius 1 is 1.17 bits per heavy atom. The van der Waals surface area contributed by atoms with Gasteiger partial charge in [-0.15, -0.1) is 0 Å². The SMILES string of the molecule is C=O.ONc1cccnc1SN1CCC(Oc2ccccc2)CC1. The van der Waals surface area contributed by atoms with Crippen LogP contribution in [0, 0.1) is 0 Å². The Hall–Kier alpha value is -2.09. The number of ether oxygens (including phenoxy) is 1. The number of aromatic nitrogens is 1. The number of pyridine rings is 1. The molecule has 0 saturated carbocycles. The average molecular weight is 347 g/mol. The van der Waals surface area contributed by atoms with Crippen molar-refractivity contribution in [3.8, 4) is 5.75 Å². The van der Waals surface area contributed by atoms with Gasteiger partial charge in [-0.25, -0.2) is 9.29 Å². The van der Waals surface area contributed by atoms with Gasteiger partial charge in [0.2, 0.25) is 0 Å². The van der Waals surface area contributed by atoms with Crippen LogP contribution in [0.2, 0.25) is 0 Å². The van der Waals surface area contributed by atoms with Crippen LogP contribution in [-0.4, -0.2) is 40.5 Å². The van der Waals surface area contributed by atoms with Crippen LogP contribution >= 0.6 is 11.9 Å². The van der Waals surface area contributed by atoms with Crippen molar-refractivity contribution >= 4 is 24.4 Å². The molecule has 0 unspecified atom stereocenters. The van der Waals surface area contributed by atoms with E-state index in [0.717, 1.165) is 36.7 Å². The summed E-state index contributed by atoms with van der Waals surface area (Å²) in [7, 11) is 0. The van der Waals surface area contributed by atoms with Crippen LogP contribution in [0.15, 0.2) is 53.7 Å². The summed E-state index contributed by atoms with van der Waals surface area (Å²) in [5, 5.41) is 9.90. The number of nitrogens with zero attached hydrogens (tertiary/aromatic N) is 2. The Balaban J connectivity index is 0.00000100. The molecule has 3 rings (SSSR count). The number of carbonyl (C=O) groups excluding carboxylic acids is 1. The third-order valence-electron chi connectivity index (χ3n) is 3.55. The average Bonchev–Trinajstić information content (AvgIpc) is 2.66. The second kappa shape index (κ2) is 9.92. The van der Waals surface area contributed by atoms with Gasteiger partial charge in [0.15, 0.2) is 0 Å². The van der Waals surface area contributed by atoms with Crippen LogP contribution in [0.5, 0.6) is 5.75 Å². The van der Waals surface area contributed by atoms with Crippen LogP contribution in [0.25, 0.3) is 0 Å². The maximum absolute atomic E-state index is 9.11. The van der Waals surface area contributed by atoms with Gasteiger partial charge in [0.05, 0.1) is 5.69 Å². The van der Waals surface area contributed by atoms with Crippen molar-refractivity contribution in [3.05, 3.63) is 48.7 Å². The van der Waals surface area contributed by atoms with Crippen molar-refractivity contribution in [2.45, 2.75) is 24.0 Å². The highest BCUT2D eigenvalue weighted by Gasteiger charge is 2.22. The maximum atomic E-state index is 9.11. The molecule has 128 valence electrons. The summed E-state index contributed by atoms with van der Waals surface area (Å²) in [4.78, 5) is 12.3. The van der Waals surface area contributed by atoms with E-state index in [1.54, 1.807) is 30.3 Å². The van der Waals surface area contributed by atoms with E-state index in [1.165, 1.54) is 0 Å². The van der Waals surface area contributed by atoms with E-state index in [2.05, 4.69) is 14.8 Å². The number of hydrogen-bond donors (Lipinski definition) is 2. The number of anilines is 1. The minimum atomic E-state index is 0.262. The molecule has 6 nitrogen and oxygen atoms in total. The fourth-order valence-electron chi connectivity index (χ4n) is 2.40. The highest BCUT2D eigenvalue weighted by molar-refractivity contribution is 7.97. The van der Waals surface area contributed by atoms with Gasteiger partial charge in [-0.2, -0.15) is 0 Å². The Morgan fingerprint density at radius 2 is 1.88 bits per heavy atom. The van der Waals surface area contributed by atoms with E-state index in [4.69, 9.17) is 14.7 Å². The van der Waals surface area contributed by atoms with Crippen molar-refractivity contribution in [1.82, 2.24) is 9.29 Å². The molecular weight excluding hydrogens is 326 g/mol. The Bertz CT molecular complexity index is 607. The molecule has 1 aromatic carbocycles. The molecule has 0 aliphatic carbocycles. The quantitative estimate of drug-likeness (QED) is 0.635. The lowest BCUT2D eigenvalue weighted by atomic mass is 10.1. The lowest BCUT2D eigenvalue weighted by molar-refractivity contribution is -0.0979. The van der Waals surface area contributed by atoms with E-state index in [-0.39, 0.29) is 6.10 Å². The first-order valence-corrected chi connectivity index (χ1v) is 8.41. The minimum Gasteiger partial charge on any atom is -0.490 e. The molecule has 2 aromatic rings. The topological polar surface area (TPSA) is 74.7 Å². The van der Waals surface area contributed by atoms with Gasteiger partial charge >= 0.3 is 0 Å². The molecule has 7 heteroatoms.